The molecule has 1 fully saturated rings. The molecule has 0 spiro atoms. The maximum Gasteiger partial charge on any atom is 0.408 e. The van der Waals surface area contributed by atoms with Gasteiger partial charge in [-0.2, -0.15) is 0 Å². The van der Waals surface area contributed by atoms with Gasteiger partial charge >= 0.3 is 12.1 Å². The predicted octanol–water partition coefficient (Wildman–Crippen LogP) is 0.735. The topological polar surface area (TPSA) is 95.9 Å². The minimum atomic E-state index is -1.31. The van der Waals surface area contributed by atoms with E-state index in [0.717, 1.165) is 12.8 Å². The van der Waals surface area contributed by atoms with Crippen molar-refractivity contribution in [1.29, 1.82) is 0 Å². The monoisotopic (exact) mass is 245 g/mol. The summed E-state index contributed by atoms with van der Waals surface area (Å²) in [7, 11) is 0. The second-order valence-corrected chi connectivity index (χ2v) is 5.29. The summed E-state index contributed by atoms with van der Waals surface area (Å²) in [6, 6.07) is -1.31. The zero-order valence-electron chi connectivity index (χ0n) is 10.3. The maximum absolute atomic E-state index is 11.4. The fraction of sp³-hybridized carbons (Fsp3) is 0.818. The number of hydrogen-bond donors (Lipinski definition) is 3. The Hall–Kier alpha value is -1.30. The number of nitrogens with one attached hydrogen (secondary N) is 1. The van der Waals surface area contributed by atoms with Gasteiger partial charge in [-0.25, -0.2) is 9.59 Å². The van der Waals surface area contributed by atoms with Gasteiger partial charge in [-0.05, 0) is 39.5 Å². The highest BCUT2D eigenvalue weighted by Crippen LogP contribution is 2.34. The number of aliphatic hydroxyl groups is 1. The predicted molar refractivity (Wildman–Crippen MR) is 59.5 cm³/mol. The van der Waals surface area contributed by atoms with Gasteiger partial charge in [0.05, 0.1) is 6.10 Å². The van der Waals surface area contributed by atoms with Crippen LogP contribution in [0.25, 0.3) is 0 Å². The number of carbonyl (C=O) groups is 2. The van der Waals surface area contributed by atoms with E-state index in [1.165, 1.54) is 0 Å². The molecule has 0 heterocycles. The van der Waals surface area contributed by atoms with Crippen LogP contribution in [0.15, 0.2) is 0 Å². The second-order valence-electron chi connectivity index (χ2n) is 5.29. The molecule has 6 heteroatoms. The van der Waals surface area contributed by atoms with Gasteiger partial charge in [0.2, 0.25) is 0 Å². The lowest BCUT2D eigenvalue weighted by molar-refractivity contribution is -0.142. The van der Waals surface area contributed by atoms with E-state index >= 15 is 0 Å². The molecule has 6 nitrogen and oxygen atoms in total. The molecule has 0 aromatic carbocycles. The summed E-state index contributed by atoms with van der Waals surface area (Å²) in [5.41, 5.74) is -0.697. The molecule has 0 bridgehead atoms. The molecule has 3 N–H and O–H groups in total. The van der Waals surface area contributed by atoms with Crippen LogP contribution in [0.5, 0.6) is 0 Å². The number of alkyl carbamates (subject to hydrolysis) is 1. The van der Waals surface area contributed by atoms with Crippen LogP contribution >= 0.6 is 0 Å². The number of aliphatic carboxylic acids is 1. The molecule has 0 aliphatic heterocycles. The van der Waals surface area contributed by atoms with Crippen molar-refractivity contribution in [2.24, 2.45) is 5.92 Å². The van der Waals surface area contributed by atoms with E-state index in [2.05, 4.69) is 5.32 Å². The molecule has 1 aliphatic carbocycles. The lowest BCUT2D eigenvalue weighted by Gasteiger charge is -2.24. The zero-order chi connectivity index (χ0) is 13.2. The third-order valence-electron chi connectivity index (χ3n) is 2.38. The molecule has 0 radical (unpaired) electrons. The smallest absolute Gasteiger partial charge is 0.408 e. The molecule has 1 saturated carbocycles. The van der Waals surface area contributed by atoms with Crippen LogP contribution < -0.4 is 5.32 Å². The average molecular weight is 245 g/mol. The number of ether oxygens (including phenoxy) is 1. The summed E-state index contributed by atoms with van der Waals surface area (Å²) in [6.07, 6.45) is -0.299. The standard InChI is InChI=1S/C11H19NO5/c1-11(2,3)17-10(16)12-7(9(14)15)8(13)6-4-5-6/h6-8,13H,4-5H2,1-3H3,(H,12,16)(H,14,15). The molecule has 98 valence electrons. The van der Waals surface area contributed by atoms with Crippen LogP contribution in [0, 0.1) is 5.92 Å². The molecular formula is C11H19NO5. The van der Waals surface area contributed by atoms with Crippen LogP contribution in [-0.4, -0.2) is 40.0 Å². The first kappa shape index (κ1) is 13.8. The Morgan fingerprint density at radius 1 is 1.35 bits per heavy atom. The van der Waals surface area contributed by atoms with Gasteiger partial charge in [0.1, 0.15) is 5.60 Å². The Labute approximate surface area is 100.0 Å². The van der Waals surface area contributed by atoms with Crippen LogP contribution in [-0.2, 0) is 9.53 Å². The third kappa shape index (κ3) is 4.60. The largest absolute Gasteiger partial charge is 0.480 e. The van der Waals surface area contributed by atoms with Gasteiger partial charge in [-0.1, -0.05) is 0 Å². The number of aliphatic hydroxyl groups excluding tert-OH is 1. The van der Waals surface area contributed by atoms with Gasteiger partial charge in [0.25, 0.3) is 0 Å². The van der Waals surface area contributed by atoms with Crippen LogP contribution in [0.4, 0.5) is 4.79 Å². The zero-order valence-corrected chi connectivity index (χ0v) is 10.3. The lowest BCUT2D eigenvalue weighted by atomic mass is 10.1. The Morgan fingerprint density at radius 2 is 1.88 bits per heavy atom. The maximum atomic E-state index is 11.4. The molecular weight excluding hydrogens is 226 g/mol. The van der Waals surface area contributed by atoms with E-state index in [1.807, 2.05) is 0 Å². The van der Waals surface area contributed by atoms with Gasteiger partial charge in [-0.3, -0.25) is 0 Å². The third-order valence-corrected chi connectivity index (χ3v) is 2.38. The molecule has 1 aliphatic rings. The summed E-state index contributed by atoms with van der Waals surface area (Å²) < 4.78 is 4.94. The molecule has 1 rings (SSSR count). The summed E-state index contributed by atoms with van der Waals surface area (Å²) in [4.78, 5) is 22.4. The van der Waals surface area contributed by atoms with Crippen molar-refractivity contribution in [3.63, 3.8) is 0 Å². The van der Waals surface area contributed by atoms with E-state index < -0.39 is 29.8 Å². The molecule has 17 heavy (non-hydrogen) atoms. The van der Waals surface area contributed by atoms with Crippen molar-refractivity contribution in [2.75, 3.05) is 0 Å². The highest BCUT2D eigenvalue weighted by atomic mass is 16.6. The number of hydrogen-bond acceptors (Lipinski definition) is 4. The van der Waals surface area contributed by atoms with Crippen molar-refractivity contribution in [3.05, 3.63) is 0 Å². The summed E-state index contributed by atoms with van der Waals surface area (Å²) in [5, 5.41) is 20.8. The van der Waals surface area contributed by atoms with Crippen molar-refractivity contribution in [1.82, 2.24) is 5.32 Å². The first-order chi connectivity index (χ1) is 7.70. The van der Waals surface area contributed by atoms with Gasteiger partial charge in [-0.15, -0.1) is 0 Å². The highest BCUT2D eigenvalue weighted by molar-refractivity contribution is 5.80. The van der Waals surface area contributed by atoms with Gasteiger partial charge in [0.15, 0.2) is 6.04 Å². The molecule has 1 amide bonds. The first-order valence-electron chi connectivity index (χ1n) is 5.61. The Kier molecular flexibility index (Phi) is 3.98. The summed E-state index contributed by atoms with van der Waals surface area (Å²) in [5.74, 6) is -1.29. The van der Waals surface area contributed by atoms with E-state index in [4.69, 9.17) is 9.84 Å². The SMILES string of the molecule is CC(C)(C)OC(=O)NC(C(=O)O)C(O)C1CC1. The van der Waals surface area contributed by atoms with Crippen LogP contribution in [0.2, 0.25) is 0 Å². The van der Waals surface area contributed by atoms with Crippen LogP contribution in [0.3, 0.4) is 0 Å². The summed E-state index contributed by atoms with van der Waals surface area (Å²) >= 11 is 0. The first-order valence-corrected chi connectivity index (χ1v) is 5.61. The van der Waals surface area contributed by atoms with Crippen molar-refractivity contribution in [2.45, 2.75) is 51.4 Å². The fourth-order valence-electron chi connectivity index (χ4n) is 1.44. The normalized spacial score (nSPS) is 19.3. The van der Waals surface area contributed by atoms with Crippen LogP contribution in [0.1, 0.15) is 33.6 Å². The van der Waals surface area contributed by atoms with Gasteiger partial charge in [0, 0.05) is 0 Å². The molecule has 2 unspecified atom stereocenters. The summed E-state index contributed by atoms with van der Waals surface area (Å²) in [6.45, 7) is 5.04. The minimum absolute atomic E-state index is 0.0361. The lowest BCUT2D eigenvalue weighted by Crippen LogP contribution is -2.50. The van der Waals surface area contributed by atoms with Gasteiger partial charge < -0.3 is 20.3 Å². The number of amides is 1. The number of carboxylic acid groups (broad SMARTS) is 1. The van der Waals surface area contributed by atoms with E-state index in [-0.39, 0.29) is 5.92 Å². The van der Waals surface area contributed by atoms with E-state index in [1.54, 1.807) is 20.8 Å². The Balaban J connectivity index is 2.54. The molecule has 0 aromatic rings. The highest BCUT2D eigenvalue weighted by Gasteiger charge is 2.40. The minimum Gasteiger partial charge on any atom is -0.480 e. The van der Waals surface area contributed by atoms with Crippen molar-refractivity contribution < 1.29 is 24.5 Å². The molecule has 0 saturated heterocycles. The second kappa shape index (κ2) is 4.91. The van der Waals surface area contributed by atoms with Crippen molar-refractivity contribution in [3.8, 4) is 0 Å². The number of carbonyl (C=O) groups excluding carboxylic acids is 1. The number of rotatable bonds is 4. The number of carboxylic acids is 1. The Morgan fingerprint density at radius 3 is 2.24 bits per heavy atom. The average Bonchev–Trinajstić information content (AvgIpc) is 2.92. The molecule has 0 aromatic heterocycles. The molecule has 2 atom stereocenters. The quantitative estimate of drug-likeness (QED) is 0.678. The fourth-order valence-corrected chi connectivity index (χ4v) is 1.44. The van der Waals surface area contributed by atoms with E-state index in [9.17, 15) is 14.7 Å². The van der Waals surface area contributed by atoms with Crippen molar-refractivity contribution >= 4 is 12.1 Å². The van der Waals surface area contributed by atoms with E-state index in [0.29, 0.717) is 0 Å². The Bertz CT molecular complexity index is 305.